The smallest absolute Gasteiger partial charge is 0.253 e. The van der Waals surface area contributed by atoms with Gasteiger partial charge in [-0.25, -0.2) is 9.97 Å². The number of likely N-dealkylation sites (tertiary alicyclic amines) is 1. The van der Waals surface area contributed by atoms with Crippen LogP contribution in [-0.2, 0) is 0 Å². The molecule has 0 unspecified atom stereocenters. The molecule has 1 aliphatic rings. The van der Waals surface area contributed by atoms with Crippen LogP contribution in [0.4, 0.5) is 0 Å². The lowest BCUT2D eigenvalue weighted by Crippen LogP contribution is -2.48. The van der Waals surface area contributed by atoms with E-state index < -0.39 is 0 Å². The van der Waals surface area contributed by atoms with Crippen LogP contribution in [0.1, 0.15) is 22.2 Å². The second-order valence-electron chi connectivity index (χ2n) is 5.45. The minimum Gasteiger partial charge on any atom is -0.338 e. The largest absolute Gasteiger partial charge is 0.338 e. The van der Waals surface area contributed by atoms with Crippen LogP contribution < -0.4 is 0 Å². The molecule has 3 aromatic rings. The molecule has 120 valence electrons. The molecular weight excluding hydrogens is 374 g/mol. The van der Waals surface area contributed by atoms with Gasteiger partial charge in [0.15, 0.2) is 0 Å². The van der Waals surface area contributed by atoms with Crippen molar-refractivity contribution < 1.29 is 9.32 Å². The lowest BCUT2D eigenvalue weighted by molar-refractivity contribution is 0.0569. The zero-order valence-corrected chi connectivity index (χ0v) is 14.0. The quantitative estimate of drug-likeness (QED) is 0.688. The van der Waals surface area contributed by atoms with E-state index in [1.165, 1.54) is 0 Å². The second kappa shape index (κ2) is 6.12. The van der Waals surface area contributed by atoms with Gasteiger partial charge < -0.3 is 9.42 Å². The maximum atomic E-state index is 12.4. The first-order chi connectivity index (χ1) is 11.7. The molecule has 4 rings (SSSR count). The molecule has 0 N–H and O–H groups in total. The first-order valence-corrected chi connectivity index (χ1v) is 8.16. The van der Waals surface area contributed by atoms with Crippen LogP contribution in [0.15, 0.2) is 51.7 Å². The normalized spacial score (nSPS) is 14.5. The van der Waals surface area contributed by atoms with Gasteiger partial charge in [0.05, 0.1) is 5.92 Å². The molecule has 1 saturated heterocycles. The standard InChI is InChI=1S/C16H12BrN5O2/c17-12-4-1-3-10(7-12)16(23)22-8-11(9-22)15-20-14(21-24-15)13-18-5-2-6-19-13/h1-7,11H,8-9H2. The molecule has 0 spiro atoms. The predicted octanol–water partition coefficient (Wildman–Crippen LogP) is 2.53. The lowest BCUT2D eigenvalue weighted by atomic mass is 9.99. The molecule has 0 atom stereocenters. The Morgan fingerprint density at radius 3 is 2.71 bits per heavy atom. The van der Waals surface area contributed by atoms with Crippen LogP contribution in [0, 0.1) is 0 Å². The number of amides is 1. The molecule has 0 radical (unpaired) electrons. The van der Waals surface area contributed by atoms with E-state index >= 15 is 0 Å². The second-order valence-corrected chi connectivity index (χ2v) is 6.36. The highest BCUT2D eigenvalue weighted by Crippen LogP contribution is 2.28. The Morgan fingerprint density at radius 2 is 1.96 bits per heavy atom. The van der Waals surface area contributed by atoms with E-state index in [0.717, 1.165) is 4.47 Å². The molecule has 1 fully saturated rings. The molecule has 24 heavy (non-hydrogen) atoms. The van der Waals surface area contributed by atoms with Gasteiger partial charge in [0.2, 0.25) is 17.5 Å². The minimum absolute atomic E-state index is 0.00122. The highest BCUT2D eigenvalue weighted by molar-refractivity contribution is 9.10. The number of carbonyl (C=O) groups is 1. The fourth-order valence-electron chi connectivity index (χ4n) is 2.51. The fourth-order valence-corrected chi connectivity index (χ4v) is 2.91. The summed E-state index contributed by atoms with van der Waals surface area (Å²) in [5.41, 5.74) is 0.659. The van der Waals surface area contributed by atoms with Gasteiger partial charge in [-0.05, 0) is 24.3 Å². The highest BCUT2D eigenvalue weighted by atomic mass is 79.9. The molecule has 3 heterocycles. The number of rotatable bonds is 3. The number of hydrogen-bond donors (Lipinski definition) is 0. The Balaban J connectivity index is 1.43. The van der Waals surface area contributed by atoms with Gasteiger partial charge in [0, 0.05) is 35.5 Å². The number of benzene rings is 1. The Bertz CT molecular complexity index is 877. The third kappa shape index (κ3) is 2.80. The van der Waals surface area contributed by atoms with E-state index in [0.29, 0.717) is 36.2 Å². The van der Waals surface area contributed by atoms with Crippen molar-refractivity contribution in [3.8, 4) is 11.6 Å². The van der Waals surface area contributed by atoms with Crippen LogP contribution in [0.25, 0.3) is 11.6 Å². The Labute approximate surface area is 145 Å². The van der Waals surface area contributed by atoms with Gasteiger partial charge in [-0.15, -0.1) is 0 Å². The van der Waals surface area contributed by atoms with E-state index in [9.17, 15) is 4.79 Å². The predicted molar refractivity (Wildman–Crippen MR) is 88.1 cm³/mol. The van der Waals surface area contributed by atoms with Crippen molar-refractivity contribution in [1.82, 2.24) is 25.0 Å². The average Bonchev–Trinajstić information content (AvgIpc) is 3.04. The topological polar surface area (TPSA) is 85.0 Å². The number of nitrogens with zero attached hydrogens (tertiary/aromatic N) is 5. The van der Waals surface area contributed by atoms with Crippen LogP contribution in [0.3, 0.4) is 0 Å². The van der Waals surface area contributed by atoms with Crippen molar-refractivity contribution in [3.63, 3.8) is 0 Å². The molecule has 0 saturated carbocycles. The molecule has 8 heteroatoms. The summed E-state index contributed by atoms with van der Waals surface area (Å²) in [5.74, 6) is 1.34. The summed E-state index contributed by atoms with van der Waals surface area (Å²) >= 11 is 3.38. The van der Waals surface area contributed by atoms with Crippen molar-refractivity contribution in [3.05, 3.63) is 58.7 Å². The molecule has 1 amide bonds. The van der Waals surface area contributed by atoms with Crippen molar-refractivity contribution in [1.29, 1.82) is 0 Å². The molecule has 0 aliphatic carbocycles. The van der Waals surface area contributed by atoms with Gasteiger partial charge in [0.1, 0.15) is 0 Å². The maximum absolute atomic E-state index is 12.4. The van der Waals surface area contributed by atoms with Gasteiger partial charge in [-0.1, -0.05) is 27.2 Å². The summed E-state index contributed by atoms with van der Waals surface area (Å²) in [6.45, 7) is 1.12. The first-order valence-electron chi connectivity index (χ1n) is 7.36. The highest BCUT2D eigenvalue weighted by Gasteiger charge is 2.36. The third-order valence-electron chi connectivity index (χ3n) is 3.80. The number of halogens is 1. The van der Waals surface area contributed by atoms with E-state index in [1.807, 2.05) is 18.2 Å². The van der Waals surface area contributed by atoms with E-state index in [4.69, 9.17) is 4.52 Å². The fraction of sp³-hybridized carbons (Fsp3) is 0.188. The summed E-state index contributed by atoms with van der Waals surface area (Å²) < 4.78 is 6.17. The summed E-state index contributed by atoms with van der Waals surface area (Å²) in [5, 5.41) is 3.91. The van der Waals surface area contributed by atoms with Gasteiger partial charge in [-0.3, -0.25) is 4.79 Å². The molecule has 1 aliphatic heterocycles. The van der Waals surface area contributed by atoms with Crippen molar-refractivity contribution in [2.24, 2.45) is 0 Å². The summed E-state index contributed by atoms with van der Waals surface area (Å²) in [7, 11) is 0. The van der Waals surface area contributed by atoms with Crippen molar-refractivity contribution in [2.75, 3.05) is 13.1 Å². The Hall–Kier alpha value is -2.61. The zero-order chi connectivity index (χ0) is 16.5. The average molecular weight is 386 g/mol. The molecule has 0 bridgehead atoms. The molecular formula is C16H12BrN5O2. The number of hydrogen-bond acceptors (Lipinski definition) is 6. The van der Waals surface area contributed by atoms with E-state index in [1.54, 1.807) is 29.4 Å². The molecule has 2 aromatic heterocycles. The Kier molecular flexibility index (Phi) is 3.81. The summed E-state index contributed by atoms with van der Waals surface area (Å²) in [6, 6.07) is 9.08. The van der Waals surface area contributed by atoms with Crippen LogP contribution in [0.2, 0.25) is 0 Å². The Morgan fingerprint density at radius 1 is 1.17 bits per heavy atom. The van der Waals surface area contributed by atoms with Gasteiger partial charge in [0.25, 0.3) is 5.91 Å². The van der Waals surface area contributed by atoms with Crippen LogP contribution in [-0.4, -0.2) is 44.0 Å². The van der Waals surface area contributed by atoms with E-state index in [-0.39, 0.29) is 11.8 Å². The monoisotopic (exact) mass is 385 g/mol. The summed E-state index contributed by atoms with van der Waals surface area (Å²) in [4.78, 5) is 26.7. The molecule has 1 aromatic carbocycles. The van der Waals surface area contributed by atoms with Crippen LogP contribution in [0.5, 0.6) is 0 Å². The minimum atomic E-state index is -0.00122. The maximum Gasteiger partial charge on any atom is 0.253 e. The molecule has 7 nitrogen and oxygen atoms in total. The van der Waals surface area contributed by atoms with Crippen molar-refractivity contribution in [2.45, 2.75) is 5.92 Å². The SMILES string of the molecule is O=C(c1cccc(Br)c1)N1CC(c2nc(-c3ncccn3)no2)C1. The van der Waals surface area contributed by atoms with Crippen molar-refractivity contribution >= 4 is 21.8 Å². The zero-order valence-electron chi connectivity index (χ0n) is 12.5. The first kappa shape index (κ1) is 14.9. The third-order valence-corrected chi connectivity index (χ3v) is 4.29. The number of carbonyl (C=O) groups excluding carboxylic acids is 1. The number of aromatic nitrogens is 4. The van der Waals surface area contributed by atoms with Gasteiger partial charge in [-0.2, -0.15) is 4.98 Å². The van der Waals surface area contributed by atoms with Crippen LogP contribution >= 0.6 is 15.9 Å². The summed E-state index contributed by atoms with van der Waals surface area (Å²) in [6.07, 6.45) is 3.25. The van der Waals surface area contributed by atoms with E-state index in [2.05, 4.69) is 36.0 Å². The van der Waals surface area contributed by atoms with Gasteiger partial charge >= 0.3 is 0 Å². The lowest BCUT2D eigenvalue weighted by Gasteiger charge is -2.37.